The minimum Gasteiger partial charge on any atom is -0.339 e. The maximum absolute atomic E-state index is 12.6. The average molecular weight is 281 g/mol. The zero-order valence-corrected chi connectivity index (χ0v) is 13.2. The molecule has 2 atom stereocenters. The first-order chi connectivity index (χ1) is 9.76. The maximum Gasteiger partial charge on any atom is 0.237 e. The van der Waals surface area contributed by atoms with Crippen molar-refractivity contribution in [3.63, 3.8) is 0 Å². The van der Waals surface area contributed by atoms with Gasteiger partial charge in [-0.1, -0.05) is 13.8 Å². The highest BCUT2D eigenvalue weighted by Crippen LogP contribution is 2.20. The number of rotatable bonds is 5. The van der Waals surface area contributed by atoms with E-state index in [0.29, 0.717) is 24.5 Å². The average Bonchev–Trinajstić information content (AvgIpc) is 2.53. The molecule has 2 fully saturated rings. The second-order valence-corrected chi connectivity index (χ2v) is 6.21. The minimum atomic E-state index is 0.351. The molecular formula is C16H31N3O. The largest absolute Gasteiger partial charge is 0.339 e. The number of likely N-dealkylation sites (tertiary alicyclic amines) is 1. The summed E-state index contributed by atoms with van der Waals surface area (Å²) in [6.45, 7) is 9.11. The van der Waals surface area contributed by atoms with E-state index in [1.807, 2.05) is 0 Å². The summed E-state index contributed by atoms with van der Waals surface area (Å²) in [7, 11) is 0. The van der Waals surface area contributed by atoms with E-state index in [0.717, 1.165) is 32.6 Å². The molecule has 2 rings (SSSR count). The highest BCUT2D eigenvalue weighted by Gasteiger charge is 2.28. The van der Waals surface area contributed by atoms with Crippen LogP contribution in [0.1, 0.15) is 52.4 Å². The Balaban J connectivity index is 1.90. The highest BCUT2D eigenvalue weighted by atomic mass is 16.2. The van der Waals surface area contributed by atoms with Crippen LogP contribution in [-0.4, -0.2) is 60.5 Å². The van der Waals surface area contributed by atoms with Crippen LogP contribution in [0.4, 0.5) is 0 Å². The van der Waals surface area contributed by atoms with E-state index in [-0.39, 0.29) is 0 Å². The van der Waals surface area contributed by atoms with Crippen LogP contribution in [0, 0.1) is 0 Å². The molecule has 0 aromatic carbocycles. The third-order valence-electron chi connectivity index (χ3n) is 4.95. The van der Waals surface area contributed by atoms with Crippen molar-refractivity contribution >= 4 is 5.91 Å². The maximum atomic E-state index is 12.6. The SMILES string of the molecule is CCC1CCCCN1C(=O)CN(CC)C1CCCNC1. The molecule has 2 saturated heterocycles. The van der Waals surface area contributed by atoms with Gasteiger partial charge in [-0.25, -0.2) is 0 Å². The number of carbonyl (C=O) groups is 1. The standard InChI is InChI=1S/C16H31N3O/c1-3-14-8-5-6-11-19(14)16(20)13-18(4-2)15-9-7-10-17-12-15/h14-15,17H,3-13H2,1-2H3. The Hall–Kier alpha value is -0.610. The fraction of sp³-hybridized carbons (Fsp3) is 0.938. The predicted octanol–water partition coefficient (Wildman–Crippen LogP) is 1.85. The molecule has 0 aliphatic carbocycles. The van der Waals surface area contributed by atoms with Crippen LogP contribution in [0.25, 0.3) is 0 Å². The predicted molar refractivity (Wildman–Crippen MR) is 82.8 cm³/mol. The number of carbonyl (C=O) groups excluding carboxylic acids is 1. The lowest BCUT2D eigenvalue weighted by atomic mass is 9.99. The monoisotopic (exact) mass is 281 g/mol. The molecule has 116 valence electrons. The number of hydrogen-bond acceptors (Lipinski definition) is 3. The quantitative estimate of drug-likeness (QED) is 0.835. The lowest BCUT2D eigenvalue weighted by Gasteiger charge is -2.39. The Bertz CT molecular complexity index is 302. The molecule has 0 aromatic heterocycles. The Morgan fingerprint density at radius 2 is 2.10 bits per heavy atom. The molecule has 0 saturated carbocycles. The van der Waals surface area contributed by atoms with Gasteiger partial charge in [-0.05, 0) is 51.6 Å². The normalized spacial score (nSPS) is 27.9. The van der Waals surface area contributed by atoms with Crippen LogP contribution in [0.15, 0.2) is 0 Å². The van der Waals surface area contributed by atoms with Crippen molar-refractivity contribution in [3.8, 4) is 0 Å². The fourth-order valence-corrected chi connectivity index (χ4v) is 3.66. The van der Waals surface area contributed by atoms with Gasteiger partial charge in [0.25, 0.3) is 0 Å². The first-order valence-corrected chi connectivity index (χ1v) is 8.50. The summed E-state index contributed by atoms with van der Waals surface area (Å²) in [4.78, 5) is 17.2. The molecule has 0 radical (unpaired) electrons. The van der Waals surface area contributed by atoms with Gasteiger partial charge in [0.15, 0.2) is 0 Å². The summed E-state index contributed by atoms with van der Waals surface area (Å²) in [5.41, 5.74) is 0. The topological polar surface area (TPSA) is 35.6 Å². The van der Waals surface area contributed by atoms with Gasteiger partial charge in [-0.15, -0.1) is 0 Å². The number of likely N-dealkylation sites (N-methyl/N-ethyl adjacent to an activating group) is 1. The molecule has 20 heavy (non-hydrogen) atoms. The van der Waals surface area contributed by atoms with Gasteiger partial charge < -0.3 is 10.2 Å². The van der Waals surface area contributed by atoms with Crippen molar-refractivity contribution in [2.24, 2.45) is 0 Å². The number of hydrogen-bond donors (Lipinski definition) is 1. The highest BCUT2D eigenvalue weighted by molar-refractivity contribution is 5.78. The molecule has 1 amide bonds. The van der Waals surface area contributed by atoms with Crippen LogP contribution < -0.4 is 5.32 Å². The van der Waals surface area contributed by atoms with E-state index in [2.05, 4.69) is 29.0 Å². The van der Waals surface area contributed by atoms with E-state index in [1.165, 1.54) is 32.1 Å². The smallest absolute Gasteiger partial charge is 0.237 e. The molecule has 1 N–H and O–H groups in total. The molecule has 2 unspecified atom stereocenters. The van der Waals surface area contributed by atoms with Gasteiger partial charge in [0, 0.05) is 25.2 Å². The lowest BCUT2D eigenvalue weighted by Crippen LogP contribution is -2.52. The van der Waals surface area contributed by atoms with E-state index in [1.54, 1.807) is 0 Å². The number of amides is 1. The van der Waals surface area contributed by atoms with Gasteiger partial charge in [0.1, 0.15) is 0 Å². The second kappa shape index (κ2) is 7.99. The Morgan fingerprint density at radius 1 is 1.25 bits per heavy atom. The number of piperidine rings is 2. The molecule has 2 aliphatic rings. The molecule has 2 aliphatic heterocycles. The molecule has 0 aromatic rings. The second-order valence-electron chi connectivity index (χ2n) is 6.21. The van der Waals surface area contributed by atoms with Crippen LogP contribution in [0.3, 0.4) is 0 Å². The van der Waals surface area contributed by atoms with Gasteiger partial charge in [-0.3, -0.25) is 9.69 Å². The molecule has 0 spiro atoms. The van der Waals surface area contributed by atoms with E-state index >= 15 is 0 Å². The van der Waals surface area contributed by atoms with Crippen LogP contribution in [-0.2, 0) is 4.79 Å². The summed E-state index contributed by atoms with van der Waals surface area (Å²) >= 11 is 0. The van der Waals surface area contributed by atoms with E-state index < -0.39 is 0 Å². The number of nitrogens with one attached hydrogen (secondary N) is 1. The van der Waals surface area contributed by atoms with Gasteiger partial charge in [-0.2, -0.15) is 0 Å². The van der Waals surface area contributed by atoms with Crippen LogP contribution in [0.5, 0.6) is 0 Å². The number of nitrogens with zero attached hydrogens (tertiary/aromatic N) is 2. The van der Waals surface area contributed by atoms with Crippen LogP contribution >= 0.6 is 0 Å². The Morgan fingerprint density at radius 3 is 2.75 bits per heavy atom. The first kappa shape index (κ1) is 15.8. The zero-order chi connectivity index (χ0) is 14.4. The zero-order valence-electron chi connectivity index (χ0n) is 13.2. The lowest BCUT2D eigenvalue weighted by molar-refractivity contribution is -0.136. The summed E-state index contributed by atoms with van der Waals surface area (Å²) in [5.74, 6) is 0.351. The fourth-order valence-electron chi connectivity index (χ4n) is 3.66. The summed E-state index contributed by atoms with van der Waals surface area (Å²) in [6.07, 6.45) is 7.22. The van der Waals surface area contributed by atoms with Crippen molar-refractivity contribution in [2.75, 3.05) is 32.7 Å². The first-order valence-electron chi connectivity index (χ1n) is 8.50. The van der Waals surface area contributed by atoms with Crippen molar-refractivity contribution in [2.45, 2.75) is 64.5 Å². The van der Waals surface area contributed by atoms with Crippen molar-refractivity contribution < 1.29 is 4.79 Å². The summed E-state index contributed by atoms with van der Waals surface area (Å²) in [6, 6.07) is 1.03. The Kier molecular flexibility index (Phi) is 6.30. The third-order valence-corrected chi connectivity index (χ3v) is 4.95. The van der Waals surface area contributed by atoms with Crippen molar-refractivity contribution in [1.29, 1.82) is 0 Å². The molecular weight excluding hydrogens is 250 g/mol. The van der Waals surface area contributed by atoms with Gasteiger partial charge in [0.2, 0.25) is 5.91 Å². The van der Waals surface area contributed by atoms with Crippen molar-refractivity contribution in [1.82, 2.24) is 15.1 Å². The van der Waals surface area contributed by atoms with Gasteiger partial charge in [0.05, 0.1) is 6.54 Å². The Labute approximate surface area is 123 Å². The van der Waals surface area contributed by atoms with Crippen molar-refractivity contribution in [3.05, 3.63) is 0 Å². The molecule has 0 bridgehead atoms. The molecule has 4 nitrogen and oxygen atoms in total. The minimum absolute atomic E-state index is 0.351. The van der Waals surface area contributed by atoms with Gasteiger partial charge >= 0.3 is 0 Å². The molecule has 2 heterocycles. The van der Waals surface area contributed by atoms with Crippen LogP contribution in [0.2, 0.25) is 0 Å². The third kappa shape index (κ3) is 3.95. The van der Waals surface area contributed by atoms with E-state index in [4.69, 9.17) is 0 Å². The van der Waals surface area contributed by atoms with E-state index in [9.17, 15) is 4.79 Å². The summed E-state index contributed by atoms with van der Waals surface area (Å²) < 4.78 is 0. The molecule has 4 heteroatoms. The summed E-state index contributed by atoms with van der Waals surface area (Å²) in [5, 5.41) is 3.46.